The number of benzene rings is 2. The summed E-state index contributed by atoms with van der Waals surface area (Å²) >= 11 is 5.72. The molecule has 0 heterocycles. The van der Waals surface area contributed by atoms with E-state index in [0.717, 1.165) is 6.07 Å². The first-order chi connectivity index (χ1) is 13.2. The number of nitrogens with one attached hydrogen (secondary N) is 2. The molecule has 3 aliphatic carbocycles. The summed E-state index contributed by atoms with van der Waals surface area (Å²) < 4.78 is 26.9. The Morgan fingerprint density at radius 1 is 1.07 bits per heavy atom. The van der Waals surface area contributed by atoms with Gasteiger partial charge in [-0.25, -0.2) is 8.78 Å². The number of halogens is 3. The Balaban J connectivity index is 1.35. The van der Waals surface area contributed by atoms with E-state index < -0.39 is 11.7 Å². The van der Waals surface area contributed by atoms with Crippen molar-refractivity contribution in [3.05, 3.63) is 64.7 Å². The number of carbonyl (C=O) groups is 2. The van der Waals surface area contributed by atoms with Gasteiger partial charge in [-0.05, 0) is 67.1 Å². The molecule has 28 heavy (non-hydrogen) atoms. The van der Waals surface area contributed by atoms with Crippen LogP contribution in [0.1, 0.15) is 36.5 Å². The first-order valence-corrected chi connectivity index (χ1v) is 9.44. The highest BCUT2D eigenvalue weighted by Gasteiger charge is 2.71. The van der Waals surface area contributed by atoms with Crippen molar-refractivity contribution in [1.82, 2.24) is 5.32 Å². The average molecular weight is 405 g/mol. The molecule has 2 aromatic rings. The van der Waals surface area contributed by atoms with E-state index >= 15 is 0 Å². The first kappa shape index (κ1) is 18.9. The van der Waals surface area contributed by atoms with E-state index in [1.165, 1.54) is 36.4 Å². The standard InChI is InChI=1S/C21H19ClF2N2O2/c1-12(18(27)25-15-5-3-14(23)4-6-15)20-9-21(10-20,11-20)26-19(28)16-7-2-13(22)8-17(16)24/h2-8,12H,9-11H2,1H3,(H,25,27)(H,26,28). The van der Waals surface area contributed by atoms with Crippen molar-refractivity contribution in [3.63, 3.8) is 0 Å². The highest BCUT2D eigenvalue weighted by molar-refractivity contribution is 6.30. The van der Waals surface area contributed by atoms with Crippen molar-refractivity contribution in [1.29, 1.82) is 0 Å². The predicted molar refractivity (Wildman–Crippen MR) is 102 cm³/mol. The van der Waals surface area contributed by atoms with Gasteiger partial charge in [-0.3, -0.25) is 9.59 Å². The van der Waals surface area contributed by atoms with Crippen LogP contribution in [-0.2, 0) is 4.79 Å². The molecule has 2 aromatic carbocycles. The van der Waals surface area contributed by atoms with Crippen LogP contribution in [-0.4, -0.2) is 17.4 Å². The fourth-order valence-electron chi connectivity index (χ4n) is 4.50. The maximum absolute atomic E-state index is 13.9. The maximum atomic E-state index is 13.9. The van der Waals surface area contributed by atoms with Gasteiger partial charge in [-0.15, -0.1) is 0 Å². The third-order valence-electron chi connectivity index (χ3n) is 6.05. The minimum atomic E-state index is -0.654. The van der Waals surface area contributed by atoms with Crippen molar-refractivity contribution in [2.45, 2.75) is 31.7 Å². The van der Waals surface area contributed by atoms with Crippen molar-refractivity contribution in [2.75, 3.05) is 5.32 Å². The van der Waals surface area contributed by atoms with Crippen LogP contribution in [0.25, 0.3) is 0 Å². The lowest BCUT2D eigenvalue weighted by molar-refractivity contribution is -0.184. The lowest BCUT2D eigenvalue weighted by atomic mass is 9.36. The van der Waals surface area contributed by atoms with Crippen molar-refractivity contribution < 1.29 is 18.4 Å². The number of rotatable bonds is 5. The van der Waals surface area contributed by atoms with Crippen LogP contribution in [0.2, 0.25) is 5.02 Å². The monoisotopic (exact) mass is 404 g/mol. The van der Waals surface area contributed by atoms with Gasteiger partial charge >= 0.3 is 0 Å². The third kappa shape index (κ3) is 3.15. The molecule has 0 aliphatic heterocycles. The molecule has 0 aromatic heterocycles. The van der Waals surface area contributed by atoms with Gasteiger partial charge in [-0.2, -0.15) is 0 Å². The molecular formula is C21H19ClF2N2O2. The first-order valence-electron chi connectivity index (χ1n) is 9.06. The van der Waals surface area contributed by atoms with Crippen molar-refractivity contribution >= 4 is 29.1 Å². The van der Waals surface area contributed by atoms with Crippen LogP contribution in [0.3, 0.4) is 0 Å². The molecule has 0 saturated heterocycles. The molecule has 7 heteroatoms. The Kier molecular flexibility index (Phi) is 4.42. The number of carbonyl (C=O) groups excluding carboxylic acids is 2. The zero-order chi connectivity index (χ0) is 20.1. The summed E-state index contributed by atoms with van der Waals surface area (Å²) in [7, 11) is 0. The molecule has 0 radical (unpaired) electrons. The van der Waals surface area contributed by atoms with Crippen molar-refractivity contribution in [3.8, 4) is 0 Å². The minimum Gasteiger partial charge on any atom is -0.346 e. The van der Waals surface area contributed by atoms with Gasteiger partial charge in [0, 0.05) is 22.2 Å². The second-order valence-corrected chi connectivity index (χ2v) is 8.41. The molecule has 3 aliphatic rings. The SMILES string of the molecule is CC(C(=O)Nc1ccc(F)cc1)C12CC(NC(=O)c3ccc(Cl)cc3F)(C1)C2. The summed E-state index contributed by atoms with van der Waals surface area (Å²) in [5, 5.41) is 5.95. The third-order valence-corrected chi connectivity index (χ3v) is 6.28. The van der Waals surface area contributed by atoms with Crippen LogP contribution < -0.4 is 10.6 Å². The van der Waals surface area contributed by atoms with E-state index in [9.17, 15) is 18.4 Å². The molecule has 3 saturated carbocycles. The van der Waals surface area contributed by atoms with E-state index in [4.69, 9.17) is 11.6 Å². The molecule has 5 rings (SSSR count). The fraction of sp³-hybridized carbons (Fsp3) is 0.333. The number of hydrogen-bond acceptors (Lipinski definition) is 2. The van der Waals surface area contributed by atoms with E-state index in [2.05, 4.69) is 10.6 Å². The summed E-state index contributed by atoms with van der Waals surface area (Å²) in [5.74, 6) is -1.86. The normalized spacial score (nSPS) is 25.9. The Labute approximate surface area is 166 Å². The Bertz CT molecular complexity index is 942. The summed E-state index contributed by atoms with van der Waals surface area (Å²) in [5.41, 5.74) is -0.0138. The zero-order valence-corrected chi connectivity index (χ0v) is 15.9. The maximum Gasteiger partial charge on any atom is 0.254 e. The largest absolute Gasteiger partial charge is 0.346 e. The summed E-state index contributed by atoms with van der Waals surface area (Å²) in [6, 6.07) is 9.58. The van der Waals surface area contributed by atoms with Gasteiger partial charge in [0.2, 0.25) is 5.91 Å². The predicted octanol–water partition coefficient (Wildman–Crippen LogP) is 4.55. The molecule has 0 spiro atoms. The molecule has 146 valence electrons. The van der Waals surface area contributed by atoms with E-state index in [1.807, 2.05) is 6.92 Å². The Morgan fingerprint density at radius 2 is 1.71 bits per heavy atom. The van der Waals surface area contributed by atoms with Crippen LogP contribution in [0, 0.1) is 23.0 Å². The van der Waals surface area contributed by atoms with Gasteiger partial charge in [-0.1, -0.05) is 18.5 Å². The van der Waals surface area contributed by atoms with Crippen LogP contribution in [0.15, 0.2) is 42.5 Å². The number of amides is 2. The topological polar surface area (TPSA) is 58.2 Å². The molecular weight excluding hydrogens is 386 g/mol. The highest BCUT2D eigenvalue weighted by atomic mass is 35.5. The van der Waals surface area contributed by atoms with Crippen LogP contribution >= 0.6 is 11.6 Å². The van der Waals surface area contributed by atoms with E-state index in [-0.39, 0.29) is 39.2 Å². The molecule has 2 N–H and O–H groups in total. The Hall–Kier alpha value is -2.47. The zero-order valence-electron chi connectivity index (χ0n) is 15.2. The minimum absolute atomic E-state index is 0.0368. The molecule has 3 fully saturated rings. The molecule has 2 bridgehead atoms. The van der Waals surface area contributed by atoms with E-state index in [1.54, 1.807) is 0 Å². The number of anilines is 1. The second kappa shape index (κ2) is 6.55. The smallest absolute Gasteiger partial charge is 0.254 e. The summed E-state index contributed by atoms with van der Waals surface area (Å²) in [6.45, 7) is 1.86. The quantitative estimate of drug-likeness (QED) is 0.768. The van der Waals surface area contributed by atoms with Gasteiger partial charge in [0.05, 0.1) is 5.56 Å². The average Bonchev–Trinajstić information content (AvgIpc) is 2.58. The lowest BCUT2D eigenvalue weighted by Gasteiger charge is -2.72. The number of hydrogen-bond donors (Lipinski definition) is 2. The van der Waals surface area contributed by atoms with Crippen LogP contribution in [0.5, 0.6) is 0 Å². The van der Waals surface area contributed by atoms with Crippen molar-refractivity contribution in [2.24, 2.45) is 11.3 Å². The van der Waals surface area contributed by atoms with Gasteiger partial charge in [0.1, 0.15) is 11.6 Å². The van der Waals surface area contributed by atoms with Gasteiger partial charge in [0.25, 0.3) is 5.91 Å². The lowest BCUT2D eigenvalue weighted by Crippen LogP contribution is -2.77. The molecule has 1 atom stereocenters. The van der Waals surface area contributed by atoms with Gasteiger partial charge in [0.15, 0.2) is 0 Å². The molecule has 4 nitrogen and oxygen atoms in total. The van der Waals surface area contributed by atoms with Crippen LogP contribution in [0.4, 0.5) is 14.5 Å². The summed E-state index contributed by atoms with van der Waals surface area (Å²) in [4.78, 5) is 24.9. The second-order valence-electron chi connectivity index (χ2n) is 7.97. The summed E-state index contributed by atoms with van der Waals surface area (Å²) in [6.07, 6.45) is 2.04. The fourth-order valence-corrected chi connectivity index (χ4v) is 4.66. The van der Waals surface area contributed by atoms with Gasteiger partial charge < -0.3 is 10.6 Å². The Morgan fingerprint density at radius 3 is 2.32 bits per heavy atom. The molecule has 1 unspecified atom stereocenters. The molecule has 2 amide bonds. The highest BCUT2D eigenvalue weighted by Crippen LogP contribution is 2.70. The van der Waals surface area contributed by atoms with E-state index in [0.29, 0.717) is 24.9 Å².